The average molecular weight is 940 g/mol. The number of hydrogen-bond donors (Lipinski definition) is 0. The van der Waals surface area contributed by atoms with Gasteiger partial charge in [0.1, 0.15) is 22.3 Å². The molecule has 0 unspecified atom stereocenters. The van der Waals surface area contributed by atoms with E-state index in [2.05, 4.69) is 247 Å². The number of rotatable bonds is 5. The van der Waals surface area contributed by atoms with Crippen molar-refractivity contribution in [3.8, 4) is 55.6 Å². The lowest BCUT2D eigenvalue weighted by Crippen LogP contribution is -2.24. The maximum absolute atomic E-state index is 7.00. The quantitative estimate of drug-likeness (QED) is 0.172. The normalized spacial score (nSPS) is 15.1. The zero-order valence-electron chi connectivity index (χ0n) is 42.2. The highest BCUT2D eigenvalue weighted by Crippen LogP contribution is 2.64. The van der Waals surface area contributed by atoms with Gasteiger partial charge < -0.3 is 13.7 Å². The van der Waals surface area contributed by atoms with E-state index < -0.39 is 0 Å². The van der Waals surface area contributed by atoms with Gasteiger partial charge in [0.2, 0.25) is 0 Å². The average Bonchev–Trinajstić information content (AvgIpc) is 4.18. The van der Waals surface area contributed by atoms with Crippen LogP contribution >= 0.6 is 0 Å². The number of anilines is 3. The molecule has 0 saturated heterocycles. The second kappa shape index (κ2) is 14.6. The molecule has 0 atom stereocenters. The van der Waals surface area contributed by atoms with Crippen molar-refractivity contribution in [1.82, 2.24) is 0 Å². The minimum atomic E-state index is -0.341. The molecule has 3 aliphatic rings. The van der Waals surface area contributed by atoms with E-state index in [-0.39, 0.29) is 16.2 Å². The van der Waals surface area contributed by atoms with Crippen LogP contribution in [-0.4, -0.2) is 0 Å². The third-order valence-electron chi connectivity index (χ3n) is 17.3. The molecule has 0 radical (unpaired) electrons. The Morgan fingerprint density at radius 3 is 1.56 bits per heavy atom. The molecule has 0 amide bonds. The molecule has 350 valence electrons. The Kier molecular flexibility index (Phi) is 8.47. The molecule has 0 fully saturated rings. The lowest BCUT2D eigenvalue weighted by Gasteiger charge is -2.32. The molecule has 15 rings (SSSR count). The third-order valence-corrected chi connectivity index (χ3v) is 17.3. The first-order chi connectivity index (χ1) is 35.4. The van der Waals surface area contributed by atoms with Crippen LogP contribution in [0.15, 0.2) is 203 Å². The van der Waals surface area contributed by atoms with Crippen molar-refractivity contribution in [2.45, 2.75) is 64.7 Å². The molecule has 3 aliphatic carbocycles. The van der Waals surface area contributed by atoms with E-state index in [0.717, 1.165) is 50.3 Å². The SMILES string of the molecule is Cc1ccccc1N(c1ccc2c(c1)C(C)(C)c1cc(-c3ccccc3-c3ccccc3)c3oc4ccccc4c3c1-2)c1ccc2c(c1)C(C)(C)c1c3c(c4oc5ccccc5c4c1-2)-c1ccccc1C3(C)C. The van der Waals surface area contributed by atoms with Gasteiger partial charge in [0.15, 0.2) is 0 Å². The fraction of sp³-hybridized carbons (Fsp3) is 0.143. The zero-order valence-corrected chi connectivity index (χ0v) is 42.2. The minimum Gasteiger partial charge on any atom is -0.455 e. The molecule has 3 heteroatoms. The number of fused-ring (bicyclic) bond motifs is 19. The van der Waals surface area contributed by atoms with Gasteiger partial charge in [-0.05, 0) is 139 Å². The molecule has 3 nitrogen and oxygen atoms in total. The summed E-state index contributed by atoms with van der Waals surface area (Å²) in [5, 5.41) is 4.71. The molecule has 0 saturated carbocycles. The van der Waals surface area contributed by atoms with Gasteiger partial charge in [0.25, 0.3) is 0 Å². The van der Waals surface area contributed by atoms with Crippen LogP contribution < -0.4 is 4.90 Å². The van der Waals surface area contributed by atoms with E-state index >= 15 is 0 Å². The summed E-state index contributed by atoms with van der Waals surface area (Å²) in [5.41, 5.74) is 27.9. The maximum Gasteiger partial charge on any atom is 0.144 e. The third kappa shape index (κ3) is 5.55. The summed E-state index contributed by atoms with van der Waals surface area (Å²) >= 11 is 0. The van der Waals surface area contributed by atoms with Crippen LogP contribution in [0.2, 0.25) is 0 Å². The number of benzene rings is 10. The summed E-state index contributed by atoms with van der Waals surface area (Å²) < 4.78 is 14.0. The first-order valence-electron chi connectivity index (χ1n) is 25.8. The standard InChI is InChI=1S/C70H53NO2/c1-40-21-11-18-30-56(40)71(43-34-36-48-54(38-43)70(6,7)64-60(48)62-50-28-16-20-32-58(50)73-67(62)63-46-26-14-17-29-52(46)69(4,5)65(63)64)42-33-35-47-53(37-42)68(2,3)55-39-51(45-25-13-12-24-44(45)41-22-9-8-10-23-41)66-61(59(47)55)49-27-15-19-31-57(49)72-66/h8-39H,1-7H3. The van der Waals surface area contributed by atoms with Crippen molar-refractivity contribution < 1.29 is 8.83 Å². The number of hydrogen-bond acceptors (Lipinski definition) is 3. The highest BCUT2D eigenvalue weighted by molar-refractivity contribution is 6.22. The van der Waals surface area contributed by atoms with Gasteiger partial charge in [0.05, 0.1) is 0 Å². The van der Waals surface area contributed by atoms with E-state index in [1.54, 1.807) is 0 Å². The van der Waals surface area contributed by atoms with Gasteiger partial charge in [0, 0.05) is 66.0 Å². The van der Waals surface area contributed by atoms with E-state index in [9.17, 15) is 0 Å². The van der Waals surface area contributed by atoms with Crippen LogP contribution in [0.4, 0.5) is 17.1 Å². The van der Waals surface area contributed by atoms with E-state index in [4.69, 9.17) is 8.83 Å². The minimum absolute atomic E-state index is 0.229. The lowest BCUT2D eigenvalue weighted by molar-refractivity contribution is 0.600. The van der Waals surface area contributed by atoms with Gasteiger partial charge >= 0.3 is 0 Å². The first kappa shape index (κ1) is 42.3. The molecule has 2 aromatic heterocycles. The monoisotopic (exact) mass is 939 g/mol. The van der Waals surface area contributed by atoms with E-state index in [1.807, 2.05) is 0 Å². The Bertz CT molecular complexity index is 4370. The number of para-hydroxylation sites is 3. The van der Waals surface area contributed by atoms with E-state index in [0.29, 0.717) is 0 Å². The molecule has 2 heterocycles. The van der Waals surface area contributed by atoms with Crippen LogP contribution in [0, 0.1) is 6.92 Å². The first-order valence-corrected chi connectivity index (χ1v) is 25.8. The number of furan rings is 2. The Balaban J connectivity index is 0.940. The zero-order chi connectivity index (χ0) is 49.3. The lowest BCUT2D eigenvalue weighted by atomic mass is 9.72. The van der Waals surface area contributed by atoms with Crippen LogP contribution in [0.1, 0.15) is 80.5 Å². The smallest absolute Gasteiger partial charge is 0.144 e. The molecule has 0 N–H and O–H groups in total. The van der Waals surface area contributed by atoms with Gasteiger partial charge in [-0.3, -0.25) is 0 Å². The van der Waals surface area contributed by atoms with Crippen molar-refractivity contribution in [3.05, 3.63) is 233 Å². The molecule has 0 bridgehead atoms. The van der Waals surface area contributed by atoms with Gasteiger partial charge in [-0.15, -0.1) is 0 Å². The van der Waals surface area contributed by atoms with Crippen molar-refractivity contribution >= 4 is 60.9 Å². The fourth-order valence-corrected chi connectivity index (χ4v) is 13.9. The Morgan fingerprint density at radius 1 is 0.356 bits per heavy atom. The van der Waals surface area contributed by atoms with Crippen LogP contribution in [0.5, 0.6) is 0 Å². The van der Waals surface area contributed by atoms with Gasteiger partial charge in [-0.2, -0.15) is 0 Å². The fourth-order valence-electron chi connectivity index (χ4n) is 13.9. The van der Waals surface area contributed by atoms with Crippen LogP contribution in [0.3, 0.4) is 0 Å². The maximum atomic E-state index is 7.00. The summed E-state index contributed by atoms with van der Waals surface area (Å²) in [5.74, 6) is 0. The van der Waals surface area contributed by atoms with Crippen molar-refractivity contribution in [1.29, 1.82) is 0 Å². The largest absolute Gasteiger partial charge is 0.455 e. The predicted octanol–water partition coefficient (Wildman–Crippen LogP) is 19.5. The molecule has 10 aromatic carbocycles. The number of nitrogens with zero attached hydrogens (tertiary/aromatic N) is 1. The summed E-state index contributed by atoms with van der Waals surface area (Å²) in [6.07, 6.45) is 0. The molecular formula is C70H53NO2. The topological polar surface area (TPSA) is 29.5 Å². The van der Waals surface area contributed by atoms with E-state index in [1.165, 1.54) is 105 Å². The molecule has 12 aromatic rings. The predicted molar refractivity (Wildman–Crippen MR) is 304 cm³/mol. The summed E-state index contributed by atoms with van der Waals surface area (Å²) in [6.45, 7) is 16.8. The molecule has 73 heavy (non-hydrogen) atoms. The van der Waals surface area contributed by atoms with Gasteiger partial charge in [-0.25, -0.2) is 0 Å². The van der Waals surface area contributed by atoms with Gasteiger partial charge in [-0.1, -0.05) is 187 Å². The molecule has 0 spiro atoms. The van der Waals surface area contributed by atoms with Crippen molar-refractivity contribution in [3.63, 3.8) is 0 Å². The Labute approximate surface area is 426 Å². The van der Waals surface area contributed by atoms with Crippen LogP contribution in [0.25, 0.3) is 99.5 Å². The summed E-state index contributed by atoms with van der Waals surface area (Å²) in [4.78, 5) is 2.51. The Hall–Kier alpha value is -8.40. The highest BCUT2D eigenvalue weighted by Gasteiger charge is 2.49. The highest BCUT2D eigenvalue weighted by atomic mass is 16.3. The van der Waals surface area contributed by atoms with Crippen molar-refractivity contribution in [2.24, 2.45) is 0 Å². The second-order valence-electron chi connectivity index (χ2n) is 22.4. The number of aryl methyl sites for hydroxylation is 1. The second-order valence-corrected chi connectivity index (χ2v) is 22.4. The van der Waals surface area contributed by atoms with Crippen LogP contribution in [-0.2, 0) is 16.2 Å². The summed E-state index contributed by atoms with van der Waals surface area (Å²) in [7, 11) is 0. The summed E-state index contributed by atoms with van der Waals surface area (Å²) in [6, 6.07) is 71.5. The molecular weight excluding hydrogens is 887 g/mol. The molecule has 0 aliphatic heterocycles. The Morgan fingerprint density at radius 2 is 0.863 bits per heavy atom. The van der Waals surface area contributed by atoms with Crippen molar-refractivity contribution in [2.75, 3.05) is 4.90 Å².